The molecular weight excluding hydrogens is 544 g/mol. The van der Waals surface area contributed by atoms with Crippen LogP contribution in [0.2, 0.25) is 0 Å². The number of hydrogen-bond acceptors (Lipinski definition) is 5. The van der Waals surface area contributed by atoms with E-state index in [2.05, 4.69) is 5.32 Å². The lowest BCUT2D eigenvalue weighted by Crippen LogP contribution is -2.48. The second kappa shape index (κ2) is 12.9. The number of para-hydroxylation sites is 3. The molecule has 5 rings (SSSR count). The highest BCUT2D eigenvalue weighted by Crippen LogP contribution is 2.38. The third kappa shape index (κ3) is 5.96. The Kier molecular flexibility index (Phi) is 9.03. The standard InChI is InChI=1S/C34H40N4O5/c1-22-18-38(23(2)20-39)33(40)32-31(26-14-8-10-16-28(26)37(32)4)25-13-7-6-12-24(25)21-43-30(22)19-36(3)34(41)35-27-15-9-11-17-29(27)42-5/h6-17,22-23,30,39H,18-21H2,1-5H3,(H,35,41)/t22-,23-,30+/m0/s1. The molecular formula is C34H40N4O5. The number of ether oxygens (including phenoxy) is 2. The minimum atomic E-state index is -0.427. The van der Waals surface area contributed by atoms with E-state index in [1.165, 1.54) is 0 Å². The van der Waals surface area contributed by atoms with Crippen LogP contribution in [0.4, 0.5) is 10.5 Å². The van der Waals surface area contributed by atoms with Crippen LogP contribution in [0.15, 0.2) is 72.8 Å². The largest absolute Gasteiger partial charge is 0.495 e. The highest BCUT2D eigenvalue weighted by Gasteiger charge is 2.34. The maximum absolute atomic E-state index is 14.5. The zero-order valence-electron chi connectivity index (χ0n) is 25.4. The molecule has 3 amide bonds. The first-order chi connectivity index (χ1) is 20.7. The minimum Gasteiger partial charge on any atom is -0.495 e. The summed E-state index contributed by atoms with van der Waals surface area (Å²) in [4.78, 5) is 31.0. The topological polar surface area (TPSA) is 96.3 Å². The van der Waals surface area contributed by atoms with Crippen LogP contribution in [0.5, 0.6) is 5.75 Å². The van der Waals surface area contributed by atoms with Gasteiger partial charge in [-0.2, -0.15) is 0 Å². The number of likely N-dealkylation sites (N-methyl/N-ethyl adjacent to an activating group) is 1. The Hall–Kier alpha value is -4.34. The van der Waals surface area contributed by atoms with Crippen molar-refractivity contribution in [3.63, 3.8) is 0 Å². The molecule has 0 spiro atoms. The number of rotatable bonds is 6. The quantitative estimate of drug-likeness (QED) is 0.318. The average Bonchev–Trinajstić information content (AvgIpc) is 3.32. The van der Waals surface area contributed by atoms with Crippen LogP contribution in [0.3, 0.4) is 0 Å². The average molecular weight is 585 g/mol. The summed E-state index contributed by atoms with van der Waals surface area (Å²) < 4.78 is 13.9. The first-order valence-electron chi connectivity index (χ1n) is 14.6. The third-order valence-electron chi connectivity index (χ3n) is 8.37. The van der Waals surface area contributed by atoms with Gasteiger partial charge < -0.3 is 34.3 Å². The number of carbonyl (C=O) groups excluding carboxylic acids is 2. The summed E-state index contributed by atoms with van der Waals surface area (Å²) >= 11 is 0. The van der Waals surface area contributed by atoms with Crippen LogP contribution in [0.1, 0.15) is 29.9 Å². The van der Waals surface area contributed by atoms with Gasteiger partial charge in [-0.15, -0.1) is 0 Å². The van der Waals surface area contributed by atoms with Crippen molar-refractivity contribution in [1.82, 2.24) is 14.4 Å². The number of nitrogens with one attached hydrogen (secondary N) is 1. The van der Waals surface area contributed by atoms with E-state index >= 15 is 0 Å². The highest BCUT2D eigenvalue weighted by molar-refractivity contribution is 6.10. The van der Waals surface area contributed by atoms with Crippen molar-refractivity contribution in [2.75, 3.05) is 39.2 Å². The predicted octanol–water partition coefficient (Wildman–Crippen LogP) is 5.38. The molecule has 1 aliphatic heterocycles. The van der Waals surface area contributed by atoms with Crippen LogP contribution in [0, 0.1) is 5.92 Å². The number of urea groups is 1. The van der Waals surface area contributed by atoms with E-state index in [1.54, 1.807) is 36.1 Å². The summed E-state index contributed by atoms with van der Waals surface area (Å²) in [5.74, 6) is 0.252. The zero-order valence-corrected chi connectivity index (χ0v) is 25.4. The predicted molar refractivity (Wildman–Crippen MR) is 168 cm³/mol. The van der Waals surface area contributed by atoms with Gasteiger partial charge in [-0.3, -0.25) is 4.79 Å². The number of benzene rings is 3. The molecule has 0 unspecified atom stereocenters. The Morgan fingerprint density at radius 1 is 1.12 bits per heavy atom. The smallest absolute Gasteiger partial charge is 0.321 e. The van der Waals surface area contributed by atoms with Gasteiger partial charge in [-0.25, -0.2) is 4.79 Å². The molecule has 1 aromatic heterocycles. The van der Waals surface area contributed by atoms with Gasteiger partial charge in [-0.1, -0.05) is 61.5 Å². The molecule has 0 radical (unpaired) electrons. The summed E-state index contributed by atoms with van der Waals surface area (Å²) in [6.07, 6.45) is -0.402. The van der Waals surface area contributed by atoms with E-state index in [9.17, 15) is 14.7 Å². The second-order valence-corrected chi connectivity index (χ2v) is 11.3. The Labute approximate surface area is 252 Å². The summed E-state index contributed by atoms with van der Waals surface area (Å²) in [7, 11) is 5.20. The van der Waals surface area contributed by atoms with Gasteiger partial charge in [0.1, 0.15) is 11.4 Å². The monoisotopic (exact) mass is 584 g/mol. The van der Waals surface area contributed by atoms with Crippen LogP contribution in [-0.4, -0.2) is 77.4 Å². The second-order valence-electron chi connectivity index (χ2n) is 11.3. The van der Waals surface area contributed by atoms with Gasteiger partial charge in [0.05, 0.1) is 38.2 Å². The normalized spacial score (nSPS) is 17.9. The fourth-order valence-electron chi connectivity index (χ4n) is 5.84. The Bertz CT molecular complexity index is 1620. The number of amides is 3. The lowest BCUT2D eigenvalue weighted by molar-refractivity contribution is -0.0179. The van der Waals surface area contributed by atoms with Crippen molar-refractivity contribution in [2.24, 2.45) is 13.0 Å². The highest BCUT2D eigenvalue weighted by atomic mass is 16.5. The molecule has 226 valence electrons. The van der Waals surface area contributed by atoms with E-state index in [0.29, 0.717) is 30.3 Å². The molecule has 0 aliphatic carbocycles. The van der Waals surface area contributed by atoms with Crippen LogP contribution < -0.4 is 10.1 Å². The molecule has 0 saturated carbocycles. The fourth-order valence-corrected chi connectivity index (χ4v) is 5.84. The van der Waals surface area contributed by atoms with Gasteiger partial charge in [-0.05, 0) is 36.2 Å². The summed E-state index contributed by atoms with van der Waals surface area (Å²) in [6.45, 7) is 4.62. The van der Waals surface area contributed by atoms with Crippen molar-refractivity contribution in [3.8, 4) is 16.9 Å². The Morgan fingerprint density at radius 3 is 2.58 bits per heavy atom. The maximum Gasteiger partial charge on any atom is 0.321 e. The molecule has 0 saturated heterocycles. The number of nitrogens with zero attached hydrogens (tertiary/aromatic N) is 3. The number of methoxy groups -OCH3 is 1. The number of fused-ring (bicyclic) bond motifs is 5. The number of anilines is 1. The Morgan fingerprint density at radius 2 is 1.81 bits per heavy atom. The van der Waals surface area contributed by atoms with Crippen molar-refractivity contribution >= 4 is 28.5 Å². The van der Waals surface area contributed by atoms with Crippen molar-refractivity contribution < 1.29 is 24.2 Å². The first kappa shape index (κ1) is 30.1. The molecule has 3 aromatic carbocycles. The van der Waals surface area contributed by atoms with E-state index in [1.807, 2.05) is 86.1 Å². The maximum atomic E-state index is 14.5. The van der Waals surface area contributed by atoms with E-state index < -0.39 is 12.1 Å². The molecule has 1 aliphatic rings. The number of aliphatic hydroxyl groups is 1. The number of aromatic nitrogens is 1. The zero-order chi connectivity index (χ0) is 30.7. The molecule has 9 nitrogen and oxygen atoms in total. The van der Waals surface area contributed by atoms with Gasteiger partial charge >= 0.3 is 6.03 Å². The summed E-state index contributed by atoms with van der Waals surface area (Å²) in [5, 5.41) is 14.1. The lowest BCUT2D eigenvalue weighted by Gasteiger charge is -2.35. The van der Waals surface area contributed by atoms with E-state index in [0.717, 1.165) is 27.6 Å². The van der Waals surface area contributed by atoms with Crippen LogP contribution in [0.25, 0.3) is 22.0 Å². The van der Waals surface area contributed by atoms with Crippen molar-refractivity contribution in [2.45, 2.75) is 32.6 Å². The number of aliphatic hydroxyl groups excluding tert-OH is 1. The van der Waals surface area contributed by atoms with Gasteiger partial charge in [0.2, 0.25) is 0 Å². The van der Waals surface area contributed by atoms with Gasteiger partial charge in [0, 0.05) is 49.6 Å². The summed E-state index contributed by atoms with van der Waals surface area (Å²) in [6, 6.07) is 22.5. The molecule has 4 aromatic rings. The molecule has 3 atom stereocenters. The SMILES string of the molecule is COc1ccccc1NC(=O)N(C)C[C@H]1OCc2ccccc2-c2c(n(C)c3ccccc23)C(=O)N([C@@H](C)CO)C[C@@H]1C. The molecule has 43 heavy (non-hydrogen) atoms. The molecule has 9 heteroatoms. The minimum absolute atomic E-state index is 0.153. The number of hydrogen-bond donors (Lipinski definition) is 2. The van der Waals surface area contributed by atoms with Gasteiger partial charge in [0.25, 0.3) is 5.91 Å². The lowest BCUT2D eigenvalue weighted by atomic mass is 9.96. The Balaban J connectivity index is 1.53. The van der Waals surface area contributed by atoms with E-state index in [4.69, 9.17) is 9.47 Å². The van der Waals surface area contributed by atoms with Crippen LogP contribution in [-0.2, 0) is 18.4 Å². The number of aryl methyl sites for hydroxylation is 1. The third-order valence-corrected chi connectivity index (χ3v) is 8.37. The molecule has 2 heterocycles. The van der Waals surface area contributed by atoms with Crippen LogP contribution >= 0.6 is 0 Å². The van der Waals surface area contributed by atoms with Crippen molar-refractivity contribution in [1.29, 1.82) is 0 Å². The fraction of sp³-hybridized carbons (Fsp3) is 0.353. The molecule has 0 bridgehead atoms. The van der Waals surface area contributed by atoms with E-state index in [-0.39, 0.29) is 31.0 Å². The first-order valence-corrected chi connectivity index (χ1v) is 14.6. The summed E-state index contributed by atoms with van der Waals surface area (Å²) in [5.41, 5.74) is 4.85. The number of carbonyl (C=O) groups is 2. The van der Waals surface area contributed by atoms with Gasteiger partial charge in [0.15, 0.2) is 0 Å². The van der Waals surface area contributed by atoms with Crippen molar-refractivity contribution in [3.05, 3.63) is 84.1 Å². The molecule has 2 N–H and O–H groups in total. The molecule has 0 fully saturated rings.